The lowest BCUT2D eigenvalue weighted by Crippen LogP contribution is -2.36. The number of ether oxygens (including phenoxy) is 1. The van der Waals surface area contributed by atoms with Crippen molar-refractivity contribution in [2.75, 3.05) is 30.7 Å². The molecular weight excluding hydrogens is 644 g/mol. The summed E-state index contributed by atoms with van der Waals surface area (Å²) in [6.45, 7) is -0.255. The first-order chi connectivity index (χ1) is 23.2. The molecule has 0 bridgehead atoms. The number of nitrogen functional groups attached to an aromatic ring is 1. The number of carbonyl (C=O) groups excluding carboxylic acids is 2. The van der Waals surface area contributed by atoms with Gasteiger partial charge in [-0.3, -0.25) is 14.3 Å². The number of hydrogen-bond donors (Lipinski definition) is 3. The number of alkyl halides is 2. The van der Waals surface area contributed by atoms with E-state index in [0.717, 1.165) is 44.5 Å². The number of amides is 2. The number of likely N-dealkylation sites (tertiary alicyclic amines) is 1. The number of benzene rings is 2. The molecule has 1 saturated heterocycles. The number of anilines is 2. The molecule has 4 heterocycles. The zero-order valence-electron chi connectivity index (χ0n) is 25.9. The molecule has 0 saturated carbocycles. The van der Waals surface area contributed by atoms with Crippen molar-refractivity contribution in [1.29, 1.82) is 0 Å². The van der Waals surface area contributed by atoms with Gasteiger partial charge in [-0.25, -0.2) is 9.50 Å². The number of aromatic nitrogens is 5. The number of nitrogens with two attached hydrogens (primary N) is 1. The van der Waals surface area contributed by atoms with Gasteiger partial charge in [-0.1, -0.05) is 41.9 Å². The van der Waals surface area contributed by atoms with Gasteiger partial charge in [0.15, 0.2) is 11.5 Å². The first kappa shape index (κ1) is 32.8. The summed E-state index contributed by atoms with van der Waals surface area (Å²) in [6.07, 6.45) is 7.47. The van der Waals surface area contributed by atoms with Crippen molar-refractivity contribution in [1.82, 2.24) is 34.6 Å². The Bertz CT molecular complexity index is 1890. The summed E-state index contributed by atoms with van der Waals surface area (Å²) < 4.78 is 34.7. The minimum absolute atomic E-state index is 0.0188. The Morgan fingerprint density at radius 3 is 2.65 bits per heavy atom. The van der Waals surface area contributed by atoms with E-state index in [2.05, 4.69) is 25.6 Å². The molecule has 0 radical (unpaired) electrons. The van der Waals surface area contributed by atoms with Crippen LogP contribution in [0.3, 0.4) is 0 Å². The van der Waals surface area contributed by atoms with Gasteiger partial charge in [-0.05, 0) is 55.6 Å². The molecule has 2 aromatic carbocycles. The number of piperidine rings is 1. The molecule has 250 valence electrons. The maximum absolute atomic E-state index is 13.6. The molecule has 0 unspecified atom stereocenters. The molecule has 3 aromatic heterocycles. The van der Waals surface area contributed by atoms with E-state index in [1.165, 1.54) is 28.9 Å². The summed E-state index contributed by atoms with van der Waals surface area (Å²) in [5.41, 5.74) is 8.09. The molecule has 5 aromatic rings. The second-order valence-corrected chi connectivity index (χ2v) is 11.9. The van der Waals surface area contributed by atoms with E-state index in [-0.39, 0.29) is 56.7 Å². The number of halogens is 3. The van der Waals surface area contributed by atoms with Crippen LogP contribution >= 0.6 is 11.6 Å². The smallest absolute Gasteiger partial charge is 0.387 e. The van der Waals surface area contributed by atoms with Crippen molar-refractivity contribution in [3.8, 4) is 17.0 Å². The van der Waals surface area contributed by atoms with Crippen LogP contribution in [-0.4, -0.2) is 67.3 Å². The van der Waals surface area contributed by atoms with Crippen molar-refractivity contribution in [2.24, 2.45) is 0 Å². The van der Waals surface area contributed by atoms with Gasteiger partial charge >= 0.3 is 6.61 Å². The quantitative estimate of drug-likeness (QED) is 0.159. The van der Waals surface area contributed by atoms with Crippen molar-refractivity contribution in [3.63, 3.8) is 0 Å². The number of carbonyl (C=O) groups is 2. The lowest BCUT2D eigenvalue weighted by atomic mass is 10.0. The minimum atomic E-state index is -3.09. The fraction of sp³-hybridized carbons (Fsp3) is 0.303. The van der Waals surface area contributed by atoms with E-state index in [9.17, 15) is 18.4 Å². The fourth-order valence-corrected chi connectivity index (χ4v) is 5.99. The van der Waals surface area contributed by atoms with Crippen LogP contribution in [0.5, 0.6) is 5.75 Å². The van der Waals surface area contributed by atoms with Gasteiger partial charge in [0.2, 0.25) is 5.91 Å². The summed E-state index contributed by atoms with van der Waals surface area (Å²) in [4.78, 5) is 32.5. The summed E-state index contributed by atoms with van der Waals surface area (Å²) in [6, 6.07) is 15.6. The van der Waals surface area contributed by atoms with Crippen LogP contribution < -0.4 is 21.1 Å². The lowest BCUT2D eigenvalue weighted by molar-refractivity contribution is -0.121. The van der Waals surface area contributed by atoms with Crippen molar-refractivity contribution in [3.05, 3.63) is 89.3 Å². The number of fused-ring (bicyclic) bond motifs is 1. The second kappa shape index (κ2) is 14.8. The van der Waals surface area contributed by atoms with Crippen molar-refractivity contribution in [2.45, 2.75) is 44.9 Å². The van der Waals surface area contributed by atoms with E-state index in [1.54, 1.807) is 23.1 Å². The van der Waals surface area contributed by atoms with Crippen LogP contribution in [0.2, 0.25) is 5.02 Å². The molecule has 12 nitrogen and oxygen atoms in total. The molecule has 0 atom stereocenters. The molecule has 0 aliphatic carbocycles. The third-order valence-electron chi connectivity index (χ3n) is 8.18. The Kier molecular flexibility index (Phi) is 10.1. The summed E-state index contributed by atoms with van der Waals surface area (Å²) in [7, 11) is 0. The van der Waals surface area contributed by atoms with Gasteiger partial charge in [-0.2, -0.15) is 13.9 Å². The highest BCUT2D eigenvalue weighted by atomic mass is 35.5. The topological polar surface area (TPSA) is 145 Å². The Hall–Kier alpha value is -5.08. The molecule has 0 spiro atoms. The highest BCUT2D eigenvalue weighted by Gasteiger charge is 2.27. The molecule has 48 heavy (non-hydrogen) atoms. The summed E-state index contributed by atoms with van der Waals surface area (Å²) >= 11 is 6.28. The molecular formula is C33H34ClF2N9O3. The largest absolute Gasteiger partial charge is 0.434 e. The summed E-state index contributed by atoms with van der Waals surface area (Å²) in [5.74, 6) is -0.742. The van der Waals surface area contributed by atoms with Crippen LogP contribution in [0, 0.1) is 0 Å². The summed E-state index contributed by atoms with van der Waals surface area (Å²) in [5, 5.41) is 15.0. The van der Waals surface area contributed by atoms with Gasteiger partial charge in [-0.15, -0.1) is 5.10 Å². The molecule has 1 aliphatic heterocycles. The van der Waals surface area contributed by atoms with Crippen LogP contribution in [0.15, 0.2) is 73.2 Å². The van der Waals surface area contributed by atoms with E-state index >= 15 is 0 Å². The molecule has 6 rings (SSSR count). The fourth-order valence-electron chi connectivity index (χ4n) is 5.82. The van der Waals surface area contributed by atoms with E-state index in [1.807, 2.05) is 30.3 Å². The molecule has 1 aliphatic rings. The Morgan fingerprint density at radius 2 is 1.88 bits per heavy atom. The average molecular weight is 678 g/mol. The maximum Gasteiger partial charge on any atom is 0.387 e. The zero-order chi connectivity index (χ0) is 33.6. The van der Waals surface area contributed by atoms with Crippen LogP contribution in [0.4, 0.5) is 20.3 Å². The highest BCUT2D eigenvalue weighted by Crippen LogP contribution is 2.38. The number of rotatable bonds is 12. The SMILES string of the molecule is Nc1nn2cccnc2c1C(=O)Nc1cn(C2CCN(CCCC(=O)NCc3ccccc3)CC2)nc1-c1cc(Cl)ccc1OC(F)F. The van der Waals surface area contributed by atoms with Crippen molar-refractivity contribution >= 4 is 40.6 Å². The van der Waals surface area contributed by atoms with Crippen molar-refractivity contribution < 1.29 is 23.1 Å². The standard InChI is InChI=1S/C33H34ClF2N9O3/c34-22-9-10-26(48-33(35)36)24(18-22)29-25(40-32(47)28-30(37)42-44-15-5-13-38-31(28)44)20-45(41-29)23-11-16-43(17-12-23)14-4-8-27(46)39-19-21-6-2-1-3-7-21/h1-3,5-7,9-10,13,15,18,20,23,33H,4,8,11-12,14,16-17,19H2,(H2,37,42)(H,39,46)(H,40,47). The predicted molar refractivity (Wildman–Crippen MR) is 177 cm³/mol. The average Bonchev–Trinajstić information content (AvgIpc) is 3.65. The van der Waals surface area contributed by atoms with Crippen LogP contribution in [-0.2, 0) is 11.3 Å². The molecule has 15 heteroatoms. The van der Waals surface area contributed by atoms with Gasteiger partial charge in [0.1, 0.15) is 17.0 Å². The molecule has 4 N–H and O–H groups in total. The normalized spacial score (nSPS) is 14.0. The Balaban J connectivity index is 1.16. The minimum Gasteiger partial charge on any atom is -0.434 e. The third kappa shape index (κ3) is 7.72. The van der Waals surface area contributed by atoms with Gasteiger partial charge in [0.25, 0.3) is 5.91 Å². The monoisotopic (exact) mass is 677 g/mol. The lowest BCUT2D eigenvalue weighted by Gasteiger charge is -2.32. The van der Waals surface area contributed by atoms with E-state index in [4.69, 9.17) is 27.2 Å². The molecule has 1 fully saturated rings. The van der Waals surface area contributed by atoms with Gasteiger partial charge in [0, 0.05) is 55.2 Å². The predicted octanol–water partition coefficient (Wildman–Crippen LogP) is 5.42. The first-order valence-corrected chi connectivity index (χ1v) is 15.9. The third-order valence-corrected chi connectivity index (χ3v) is 8.42. The van der Waals surface area contributed by atoms with Crippen LogP contribution in [0.1, 0.15) is 47.6 Å². The zero-order valence-corrected chi connectivity index (χ0v) is 26.6. The second-order valence-electron chi connectivity index (χ2n) is 11.4. The maximum atomic E-state index is 13.6. The van der Waals surface area contributed by atoms with Gasteiger partial charge < -0.3 is 26.0 Å². The number of nitrogens with zero attached hydrogens (tertiary/aromatic N) is 6. The highest BCUT2D eigenvalue weighted by molar-refractivity contribution is 6.31. The first-order valence-electron chi connectivity index (χ1n) is 15.5. The number of nitrogens with one attached hydrogen (secondary N) is 2. The Morgan fingerprint density at radius 1 is 1.08 bits per heavy atom. The van der Waals surface area contributed by atoms with Gasteiger partial charge in [0.05, 0.1) is 11.7 Å². The number of hydrogen-bond acceptors (Lipinski definition) is 8. The van der Waals surface area contributed by atoms with E-state index < -0.39 is 12.5 Å². The molecule has 2 amide bonds. The van der Waals surface area contributed by atoms with Crippen LogP contribution in [0.25, 0.3) is 16.9 Å². The Labute approximate surface area is 279 Å². The van der Waals surface area contributed by atoms with E-state index in [0.29, 0.717) is 13.0 Å².